The molecule has 0 unspecified atom stereocenters. The molecule has 10 nitrogen and oxygen atoms in total. The van der Waals surface area contributed by atoms with Crippen molar-refractivity contribution >= 4 is 34.5 Å². The molecule has 1 saturated heterocycles. The molecule has 0 radical (unpaired) electrons. The Hall–Kier alpha value is -4.41. The lowest BCUT2D eigenvalue weighted by Crippen LogP contribution is -2.40. The Bertz CT molecular complexity index is 1570. The van der Waals surface area contributed by atoms with E-state index in [2.05, 4.69) is 20.6 Å². The molecule has 2 N–H and O–H groups in total. The van der Waals surface area contributed by atoms with Crippen LogP contribution in [0.2, 0.25) is 0 Å². The zero-order chi connectivity index (χ0) is 29.6. The Balaban J connectivity index is 1.30. The Morgan fingerprint density at radius 1 is 0.930 bits per heavy atom. The SMILES string of the molecule is CCOC1CCC(Nc2ncc3c(NC(=O)c4ccccc4)ncc(-c4ccc(C(=O)N5CCOCC5)cc4)c3n2)CC1. The molecule has 3 heterocycles. The van der Waals surface area contributed by atoms with E-state index in [9.17, 15) is 9.59 Å². The summed E-state index contributed by atoms with van der Waals surface area (Å²) in [7, 11) is 0. The molecule has 1 aliphatic carbocycles. The number of carbonyl (C=O) groups excluding carboxylic acids is 2. The number of benzene rings is 2. The molecule has 222 valence electrons. The number of hydrogen-bond acceptors (Lipinski definition) is 8. The van der Waals surface area contributed by atoms with Crippen LogP contribution >= 0.6 is 0 Å². The van der Waals surface area contributed by atoms with Crippen molar-refractivity contribution < 1.29 is 19.1 Å². The van der Waals surface area contributed by atoms with Gasteiger partial charge in [-0.3, -0.25) is 9.59 Å². The van der Waals surface area contributed by atoms with E-state index in [-0.39, 0.29) is 17.9 Å². The highest BCUT2D eigenvalue weighted by Crippen LogP contribution is 2.32. The van der Waals surface area contributed by atoms with Crippen LogP contribution in [0.3, 0.4) is 0 Å². The second-order valence-electron chi connectivity index (χ2n) is 10.9. The summed E-state index contributed by atoms with van der Waals surface area (Å²) in [4.78, 5) is 42.0. The van der Waals surface area contributed by atoms with Crippen LogP contribution in [0, 0.1) is 0 Å². The number of nitrogens with one attached hydrogen (secondary N) is 2. The molecular weight excluding hydrogens is 544 g/mol. The van der Waals surface area contributed by atoms with Crippen molar-refractivity contribution in [3.05, 3.63) is 78.1 Å². The Morgan fingerprint density at radius 2 is 1.67 bits per heavy atom. The third-order valence-electron chi connectivity index (χ3n) is 8.04. The van der Waals surface area contributed by atoms with Crippen LogP contribution in [0.5, 0.6) is 0 Å². The molecule has 2 amide bonds. The highest BCUT2D eigenvalue weighted by molar-refractivity contribution is 6.09. The molecule has 1 aliphatic heterocycles. The number of nitrogens with zero attached hydrogens (tertiary/aromatic N) is 4. The molecule has 0 bridgehead atoms. The predicted molar refractivity (Wildman–Crippen MR) is 165 cm³/mol. The van der Waals surface area contributed by atoms with Gasteiger partial charge in [0.05, 0.1) is 30.2 Å². The number of amides is 2. The van der Waals surface area contributed by atoms with Gasteiger partial charge in [0.15, 0.2) is 0 Å². The molecule has 6 rings (SSSR count). The third-order valence-corrected chi connectivity index (χ3v) is 8.04. The Morgan fingerprint density at radius 3 is 2.40 bits per heavy atom. The summed E-state index contributed by atoms with van der Waals surface area (Å²) in [6, 6.07) is 16.8. The van der Waals surface area contributed by atoms with E-state index in [4.69, 9.17) is 14.5 Å². The molecule has 2 aromatic carbocycles. The number of hydrogen-bond donors (Lipinski definition) is 2. The van der Waals surface area contributed by atoms with E-state index < -0.39 is 0 Å². The van der Waals surface area contributed by atoms with Gasteiger partial charge in [0.1, 0.15) is 5.82 Å². The van der Waals surface area contributed by atoms with Crippen molar-refractivity contribution in [3.63, 3.8) is 0 Å². The highest BCUT2D eigenvalue weighted by Gasteiger charge is 2.23. The Labute approximate surface area is 250 Å². The number of aromatic nitrogens is 3. The quantitative estimate of drug-likeness (QED) is 0.293. The summed E-state index contributed by atoms with van der Waals surface area (Å²) in [5.74, 6) is 0.640. The van der Waals surface area contributed by atoms with E-state index in [1.54, 1.807) is 24.5 Å². The maximum Gasteiger partial charge on any atom is 0.256 e. The van der Waals surface area contributed by atoms with Crippen LogP contribution in [0.4, 0.5) is 11.8 Å². The van der Waals surface area contributed by atoms with Crippen LogP contribution in [-0.4, -0.2) is 76.7 Å². The van der Waals surface area contributed by atoms with Crippen molar-refractivity contribution in [2.24, 2.45) is 0 Å². The largest absolute Gasteiger partial charge is 0.379 e. The molecule has 0 atom stereocenters. The molecule has 0 spiro atoms. The van der Waals surface area contributed by atoms with E-state index in [0.717, 1.165) is 43.4 Å². The zero-order valence-electron chi connectivity index (χ0n) is 24.3. The van der Waals surface area contributed by atoms with E-state index in [1.807, 2.05) is 54.3 Å². The van der Waals surface area contributed by atoms with Gasteiger partial charge in [-0.1, -0.05) is 30.3 Å². The summed E-state index contributed by atoms with van der Waals surface area (Å²) < 4.78 is 11.2. The van der Waals surface area contributed by atoms with Crippen molar-refractivity contribution in [1.82, 2.24) is 19.9 Å². The molecule has 2 aromatic heterocycles. The number of fused-ring (bicyclic) bond motifs is 1. The predicted octanol–water partition coefficient (Wildman–Crippen LogP) is 5.18. The molecule has 4 aromatic rings. The number of ether oxygens (including phenoxy) is 2. The van der Waals surface area contributed by atoms with Crippen LogP contribution in [0.1, 0.15) is 53.3 Å². The summed E-state index contributed by atoms with van der Waals surface area (Å²) in [5, 5.41) is 7.07. The van der Waals surface area contributed by atoms with Crippen molar-refractivity contribution in [3.8, 4) is 11.1 Å². The molecule has 2 aliphatic rings. The fourth-order valence-corrected chi connectivity index (χ4v) is 5.70. The lowest BCUT2D eigenvalue weighted by molar-refractivity contribution is 0.0303. The van der Waals surface area contributed by atoms with Crippen molar-refractivity contribution in [2.75, 3.05) is 43.5 Å². The molecule has 1 saturated carbocycles. The second kappa shape index (κ2) is 13.3. The zero-order valence-corrected chi connectivity index (χ0v) is 24.3. The lowest BCUT2D eigenvalue weighted by Gasteiger charge is -2.28. The number of morpholine rings is 1. The van der Waals surface area contributed by atoms with Gasteiger partial charge >= 0.3 is 0 Å². The first-order valence-electron chi connectivity index (χ1n) is 15.0. The number of anilines is 2. The lowest BCUT2D eigenvalue weighted by atomic mass is 9.93. The third kappa shape index (κ3) is 6.65. The average Bonchev–Trinajstić information content (AvgIpc) is 3.06. The number of rotatable bonds is 8. The minimum Gasteiger partial charge on any atom is -0.379 e. The molecular formula is C33H36N6O4. The number of pyridine rings is 1. The van der Waals surface area contributed by atoms with Crippen LogP contribution < -0.4 is 10.6 Å². The summed E-state index contributed by atoms with van der Waals surface area (Å²) >= 11 is 0. The maximum absolute atomic E-state index is 13.0. The first kappa shape index (κ1) is 28.7. The Kier molecular flexibility index (Phi) is 8.85. The van der Waals surface area contributed by atoms with Gasteiger partial charge in [-0.2, -0.15) is 0 Å². The normalized spacial score (nSPS) is 18.8. The van der Waals surface area contributed by atoms with Gasteiger partial charge < -0.3 is 25.0 Å². The smallest absolute Gasteiger partial charge is 0.256 e. The van der Waals surface area contributed by atoms with E-state index >= 15 is 0 Å². The molecule has 10 heteroatoms. The summed E-state index contributed by atoms with van der Waals surface area (Å²) in [6.07, 6.45) is 7.69. The topological polar surface area (TPSA) is 119 Å². The fraction of sp³-hybridized carbons (Fsp3) is 0.364. The standard InChI is InChI=1S/C33H36N6O4/c1-2-43-26-14-12-25(13-15-26)36-33-35-21-28-29(37-33)27(20-34-30(28)38-31(40)23-6-4-3-5-7-23)22-8-10-24(11-9-22)32(41)39-16-18-42-19-17-39/h3-11,20-21,25-26H,2,12-19H2,1H3,(H,34,38,40)(H,35,36,37). The van der Waals surface area contributed by atoms with Crippen molar-refractivity contribution in [1.29, 1.82) is 0 Å². The average molecular weight is 581 g/mol. The van der Waals surface area contributed by atoms with E-state index in [1.165, 1.54) is 0 Å². The second-order valence-corrected chi connectivity index (χ2v) is 10.9. The minimum absolute atomic E-state index is 0.00956. The van der Waals surface area contributed by atoms with Gasteiger partial charge in [0, 0.05) is 54.8 Å². The first-order chi connectivity index (χ1) is 21.1. The molecule has 43 heavy (non-hydrogen) atoms. The van der Waals surface area contributed by atoms with Gasteiger partial charge in [0.25, 0.3) is 11.8 Å². The highest BCUT2D eigenvalue weighted by atomic mass is 16.5. The summed E-state index contributed by atoms with van der Waals surface area (Å²) in [6.45, 7) is 5.05. The molecule has 2 fully saturated rings. The maximum atomic E-state index is 13.0. The number of carbonyl (C=O) groups is 2. The fourth-order valence-electron chi connectivity index (χ4n) is 5.70. The van der Waals surface area contributed by atoms with Crippen LogP contribution in [-0.2, 0) is 9.47 Å². The monoisotopic (exact) mass is 580 g/mol. The first-order valence-corrected chi connectivity index (χ1v) is 15.0. The van der Waals surface area contributed by atoms with Gasteiger partial charge in [-0.15, -0.1) is 0 Å². The van der Waals surface area contributed by atoms with Gasteiger partial charge in [0.2, 0.25) is 5.95 Å². The van der Waals surface area contributed by atoms with Crippen LogP contribution in [0.25, 0.3) is 22.0 Å². The van der Waals surface area contributed by atoms with E-state index in [0.29, 0.717) is 66.2 Å². The van der Waals surface area contributed by atoms with Crippen molar-refractivity contribution in [2.45, 2.75) is 44.8 Å². The van der Waals surface area contributed by atoms with Gasteiger partial charge in [-0.25, -0.2) is 15.0 Å². The van der Waals surface area contributed by atoms with Crippen LogP contribution in [0.15, 0.2) is 67.0 Å². The minimum atomic E-state index is -0.263. The van der Waals surface area contributed by atoms with Gasteiger partial charge in [-0.05, 0) is 62.4 Å². The summed E-state index contributed by atoms with van der Waals surface area (Å²) in [5.41, 5.74) is 3.45.